The number of carbonyl (C=O) groups excluding carboxylic acids is 2. The zero-order chi connectivity index (χ0) is 20.3. The van der Waals surface area contributed by atoms with Gasteiger partial charge in [0.05, 0.1) is 22.8 Å². The number of hydrogen-bond acceptors (Lipinski definition) is 4. The van der Waals surface area contributed by atoms with E-state index in [0.29, 0.717) is 11.3 Å². The second kappa shape index (κ2) is 8.52. The van der Waals surface area contributed by atoms with E-state index < -0.39 is 5.97 Å². The van der Waals surface area contributed by atoms with E-state index >= 15 is 0 Å². The molecule has 144 valence electrons. The number of benzene rings is 2. The number of rotatable bonds is 5. The maximum absolute atomic E-state index is 12.6. The maximum Gasteiger partial charge on any atom is 0.340 e. The van der Waals surface area contributed by atoms with Crippen molar-refractivity contribution in [2.24, 2.45) is 0 Å². The summed E-state index contributed by atoms with van der Waals surface area (Å²) in [5.74, 6) is -0.896. The van der Waals surface area contributed by atoms with E-state index in [1.165, 1.54) is 0 Å². The van der Waals surface area contributed by atoms with Crippen LogP contribution in [0.2, 0.25) is 0 Å². The van der Waals surface area contributed by atoms with Crippen LogP contribution in [0.3, 0.4) is 0 Å². The molecule has 1 amide bonds. The van der Waals surface area contributed by atoms with Gasteiger partial charge < -0.3 is 10.1 Å². The molecular formula is C22H21BrN2O3. The zero-order valence-corrected chi connectivity index (χ0v) is 17.5. The summed E-state index contributed by atoms with van der Waals surface area (Å²) in [6, 6.07) is 15.1. The van der Waals surface area contributed by atoms with Gasteiger partial charge in [-0.25, -0.2) is 4.79 Å². The predicted molar refractivity (Wildman–Crippen MR) is 112 cm³/mol. The number of carbonyl (C=O) groups is 2. The SMILES string of the molecule is Cc1nc2ccccc2c(C)c1C(=O)OCC(=O)NC(C)c1ccc(Br)cc1. The van der Waals surface area contributed by atoms with E-state index in [4.69, 9.17) is 4.74 Å². The van der Waals surface area contributed by atoms with Crippen LogP contribution in [0.1, 0.15) is 40.1 Å². The summed E-state index contributed by atoms with van der Waals surface area (Å²) in [4.78, 5) is 29.3. The van der Waals surface area contributed by atoms with Crippen LogP contribution in [0, 0.1) is 13.8 Å². The molecule has 0 radical (unpaired) electrons. The number of ether oxygens (including phenoxy) is 1. The lowest BCUT2D eigenvalue weighted by atomic mass is 10.0. The molecule has 3 rings (SSSR count). The van der Waals surface area contributed by atoms with Crippen molar-refractivity contribution in [1.82, 2.24) is 10.3 Å². The van der Waals surface area contributed by atoms with Gasteiger partial charge in [-0.3, -0.25) is 9.78 Å². The second-order valence-corrected chi connectivity index (χ2v) is 7.55. The van der Waals surface area contributed by atoms with E-state index in [1.54, 1.807) is 6.92 Å². The summed E-state index contributed by atoms with van der Waals surface area (Å²) in [7, 11) is 0. The molecule has 0 saturated heterocycles. The van der Waals surface area contributed by atoms with Crippen molar-refractivity contribution < 1.29 is 14.3 Å². The van der Waals surface area contributed by atoms with Crippen molar-refractivity contribution in [2.45, 2.75) is 26.8 Å². The highest BCUT2D eigenvalue weighted by Crippen LogP contribution is 2.23. The number of aryl methyl sites for hydroxylation is 2. The lowest BCUT2D eigenvalue weighted by Gasteiger charge is -2.15. The topological polar surface area (TPSA) is 68.3 Å². The molecule has 28 heavy (non-hydrogen) atoms. The minimum atomic E-state index is -0.542. The molecule has 0 fully saturated rings. The maximum atomic E-state index is 12.6. The number of pyridine rings is 1. The number of nitrogens with one attached hydrogen (secondary N) is 1. The van der Waals surface area contributed by atoms with Gasteiger partial charge in [0.15, 0.2) is 6.61 Å². The average molecular weight is 441 g/mol. The Morgan fingerprint density at radius 3 is 2.50 bits per heavy atom. The number of fused-ring (bicyclic) bond motifs is 1. The van der Waals surface area contributed by atoms with E-state index in [9.17, 15) is 9.59 Å². The van der Waals surface area contributed by atoms with Crippen LogP contribution in [0.15, 0.2) is 53.0 Å². The summed E-state index contributed by atoms with van der Waals surface area (Å²) >= 11 is 3.39. The first-order chi connectivity index (χ1) is 13.4. The Labute approximate surface area is 172 Å². The van der Waals surface area contributed by atoms with Crippen LogP contribution in [0.4, 0.5) is 0 Å². The molecule has 0 aliphatic rings. The van der Waals surface area contributed by atoms with Gasteiger partial charge in [-0.05, 0) is 50.1 Å². The van der Waals surface area contributed by atoms with Crippen molar-refractivity contribution in [3.8, 4) is 0 Å². The standard InChI is InChI=1S/C22H21BrN2O3/c1-13-18-6-4-5-7-19(18)24-15(3)21(13)22(27)28-12-20(26)25-14(2)16-8-10-17(23)11-9-16/h4-11,14H,12H2,1-3H3,(H,25,26). The number of amides is 1. The predicted octanol–water partition coefficient (Wildman–Crippen LogP) is 4.65. The quantitative estimate of drug-likeness (QED) is 0.586. The molecule has 0 bridgehead atoms. The Bertz CT molecular complexity index is 1030. The monoisotopic (exact) mass is 440 g/mol. The van der Waals surface area contributed by atoms with Gasteiger partial charge in [-0.1, -0.05) is 46.3 Å². The molecule has 1 unspecified atom stereocenters. The summed E-state index contributed by atoms with van der Waals surface area (Å²) in [5.41, 5.74) is 3.59. The molecule has 0 saturated carbocycles. The lowest BCUT2D eigenvalue weighted by Crippen LogP contribution is -2.31. The Kier molecular flexibility index (Phi) is 6.09. The zero-order valence-electron chi connectivity index (χ0n) is 16.0. The largest absolute Gasteiger partial charge is 0.452 e. The molecule has 1 aromatic heterocycles. The number of esters is 1. The van der Waals surface area contributed by atoms with Gasteiger partial charge in [0.25, 0.3) is 5.91 Å². The van der Waals surface area contributed by atoms with Crippen LogP contribution in [-0.4, -0.2) is 23.5 Å². The summed E-state index contributed by atoms with van der Waals surface area (Å²) in [6.07, 6.45) is 0. The van der Waals surface area contributed by atoms with E-state index in [0.717, 1.165) is 26.5 Å². The van der Waals surface area contributed by atoms with E-state index in [-0.39, 0.29) is 18.6 Å². The van der Waals surface area contributed by atoms with Crippen LogP contribution < -0.4 is 5.32 Å². The van der Waals surface area contributed by atoms with Gasteiger partial charge in [-0.2, -0.15) is 0 Å². The first-order valence-electron chi connectivity index (χ1n) is 8.94. The number of hydrogen-bond donors (Lipinski definition) is 1. The Morgan fingerprint density at radius 2 is 1.79 bits per heavy atom. The first-order valence-corrected chi connectivity index (χ1v) is 9.74. The normalized spacial score (nSPS) is 11.9. The molecule has 2 aromatic carbocycles. The smallest absolute Gasteiger partial charge is 0.340 e. The molecule has 3 aromatic rings. The Balaban J connectivity index is 1.66. The van der Waals surface area contributed by atoms with Crippen LogP contribution in [-0.2, 0) is 9.53 Å². The fourth-order valence-electron chi connectivity index (χ4n) is 3.15. The Hall–Kier alpha value is -2.73. The van der Waals surface area contributed by atoms with Gasteiger partial charge >= 0.3 is 5.97 Å². The molecule has 0 aliphatic heterocycles. The number of para-hydroxylation sites is 1. The van der Waals surface area contributed by atoms with Gasteiger partial charge in [0.2, 0.25) is 0 Å². The second-order valence-electron chi connectivity index (χ2n) is 6.63. The molecule has 6 heteroatoms. The fourth-order valence-corrected chi connectivity index (χ4v) is 3.42. The molecule has 1 heterocycles. The molecule has 0 aliphatic carbocycles. The van der Waals surface area contributed by atoms with Crippen molar-refractivity contribution in [2.75, 3.05) is 6.61 Å². The van der Waals surface area contributed by atoms with E-state index in [2.05, 4.69) is 26.2 Å². The molecule has 1 N–H and O–H groups in total. The van der Waals surface area contributed by atoms with Crippen molar-refractivity contribution in [3.05, 3.63) is 75.4 Å². The summed E-state index contributed by atoms with van der Waals surface area (Å²) in [5, 5.41) is 3.73. The minimum absolute atomic E-state index is 0.190. The van der Waals surface area contributed by atoms with Crippen LogP contribution >= 0.6 is 15.9 Å². The average Bonchev–Trinajstić information content (AvgIpc) is 2.67. The van der Waals surface area contributed by atoms with Crippen LogP contribution in [0.25, 0.3) is 10.9 Å². The van der Waals surface area contributed by atoms with E-state index in [1.807, 2.05) is 62.4 Å². The van der Waals surface area contributed by atoms with Crippen molar-refractivity contribution in [3.63, 3.8) is 0 Å². The van der Waals surface area contributed by atoms with Crippen molar-refractivity contribution >= 4 is 38.7 Å². The fraction of sp³-hybridized carbons (Fsp3) is 0.227. The van der Waals surface area contributed by atoms with Gasteiger partial charge in [0.1, 0.15) is 0 Å². The summed E-state index contributed by atoms with van der Waals surface area (Å²) < 4.78 is 6.23. The van der Waals surface area contributed by atoms with Crippen LogP contribution in [0.5, 0.6) is 0 Å². The first kappa shape index (κ1) is 20.0. The van der Waals surface area contributed by atoms with Crippen molar-refractivity contribution in [1.29, 1.82) is 0 Å². The third-order valence-electron chi connectivity index (χ3n) is 4.62. The highest BCUT2D eigenvalue weighted by molar-refractivity contribution is 9.10. The minimum Gasteiger partial charge on any atom is -0.452 e. The lowest BCUT2D eigenvalue weighted by molar-refractivity contribution is -0.124. The number of halogens is 1. The molecule has 1 atom stereocenters. The highest BCUT2D eigenvalue weighted by atomic mass is 79.9. The molecule has 0 spiro atoms. The molecular weight excluding hydrogens is 420 g/mol. The molecule has 5 nitrogen and oxygen atoms in total. The third-order valence-corrected chi connectivity index (χ3v) is 5.15. The third kappa shape index (κ3) is 4.39. The highest BCUT2D eigenvalue weighted by Gasteiger charge is 2.19. The number of aromatic nitrogens is 1. The van der Waals surface area contributed by atoms with Gasteiger partial charge in [0, 0.05) is 9.86 Å². The Morgan fingerprint density at radius 1 is 1.11 bits per heavy atom. The number of nitrogens with zero attached hydrogens (tertiary/aromatic N) is 1. The summed E-state index contributed by atoms with van der Waals surface area (Å²) in [6.45, 7) is 5.17. The van der Waals surface area contributed by atoms with Gasteiger partial charge in [-0.15, -0.1) is 0 Å².